The fourth-order valence-electron chi connectivity index (χ4n) is 0. The predicted octanol–water partition coefficient (Wildman–Crippen LogP) is -9.37. The minimum atomic E-state index is 0. The Bertz CT molecular complexity index is 3.25. The van der Waals surface area contributed by atoms with E-state index >= 15 is 0 Å². The molecule has 0 saturated carbocycles. The van der Waals surface area contributed by atoms with Crippen molar-refractivity contribution in [2.24, 2.45) is 0 Å². The Morgan fingerprint density at radius 3 is 0.500 bits per heavy atom. The van der Waals surface area contributed by atoms with E-state index in [-0.39, 0.29) is 77.5 Å². The predicted molar refractivity (Wildman–Crippen MR) is 5.75 cm³/mol. The van der Waals surface area contributed by atoms with E-state index in [0.717, 1.165) is 0 Å². The first-order valence-corrected chi connectivity index (χ1v) is 0. The maximum atomic E-state index is 0. The monoisotopic (exact) mass is 446 g/mol. The molecule has 0 nitrogen and oxygen atoms in total. The van der Waals surface area contributed by atoms with Crippen LogP contribution < -0.4 is 50.9 Å². The van der Waals surface area contributed by atoms with Crippen molar-refractivity contribution in [1.29, 1.82) is 0 Å². The van der Waals surface area contributed by atoms with Gasteiger partial charge < -0.3 is 50.9 Å². The maximum Gasteiger partial charge on any atom is 0 e. The topological polar surface area (TPSA) is 0 Å². The summed E-state index contributed by atoms with van der Waals surface area (Å²) in [6, 6.07) is 0. The van der Waals surface area contributed by atoms with Crippen molar-refractivity contribution in [1.82, 2.24) is 0 Å². The van der Waals surface area contributed by atoms with Crippen LogP contribution in [0.25, 0.3) is 0 Å². The van der Waals surface area contributed by atoms with Gasteiger partial charge in [-0.15, -0.1) is 0 Å². The Morgan fingerprint density at radius 1 is 0.500 bits per heavy atom. The summed E-state index contributed by atoms with van der Waals surface area (Å²) < 4.78 is 0. The molecule has 0 amide bonds. The normalized spacial score (nSPS) is 0. The molecule has 0 aromatic carbocycles. The third-order valence-corrected chi connectivity index (χ3v) is 0. The standard InChI is InChI=1S/3BrH.Po/h3*1H;/p-3. The Hall–Kier alpha value is 2.34. The first kappa shape index (κ1) is 33.1. The third kappa shape index (κ3) is 8.84. The quantitative estimate of drug-likeness (QED) is 0.345. The summed E-state index contributed by atoms with van der Waals surface area (Å²) in [5.41, 5.74) is 0. The molecule has 0 saturated heterocycles. The maximum absolute atomic E-state index is 0. The molecule has 0 heterocycles. The Balaban J connectivity index is 0. The van der Waals surface area contributed by atoms with E-state index < -0.39 is 0 Å². The van der Waals surface area contributed by atoms with Gasteiger partial charge in [-0.1, -0.05) is 0 Å². The summed E-state index contributed by atoms with van der Waals surface area (Å²) in [5, 5.41) is 0. The molecule has 0 aliphatic carbocycles. The van der Waals surface area contributed by atoms with Crippen LogP contribution in [-0.4, -0.2) is 26.6 Å². The van der Waals surface area contributed by atoms with Crippen LogP contribution in [0, 0.1) is 0 Å². The van der Waals surface area contributed by atoms with E-state index in [1.165, 1.54) is 0 Å². The summed E-state index contributed by atoms with van der Waals surface area (Å²) >= 11 is 0. The smallest absolute Gasteiger partial charge is 0 e. The van der Waals surface area contributed by atoms with Gasteiger partial charge in [-0.3, -0.25) is 0 Å². The summed E-state index contributed by atoms with van der Waals surface area (Å²) in [5.74, 6) is 0. The molecule has 4 heteroatoms. The van der Waals surface area contributed by atoms with Gasteiger partial charge >= 0.3 is 0 Å². The molecule has 2 radical (unpaired) electrons. The second-order valence-electron chi connectivity index (χ2n) is 0. The average Bonchev–Trinajstić information content (AvgIpc) is 0. The molecular formula is Br3Po-3. The van der Waals surface area contributed by atoms with Crippen LogP contribution in [0.15, 0.2) is 0 Å². The van der Waals surface area contributed by atoms with Gasteiger partial charge in [0.2, 0.25) is 0 Å². The number of hydrogen-bond acceptors (Lipinski definition) is 0. The van der Waals surface area contributed by atoms with Crippen LogP contribution in [0.1, 0.15) is 0 Å². The molecule has 0 aromatic heterocycles. The van der Waals surface area contributed by atoms with Gasteiger partial charge in [-0.25, -0.2) is 0 Å². The van der Waals surface area contributed by atoms with E-state index in [2.05, 4.69) is 0 Å². The number of rotatable bonds is 0. The molecule has 4 heavy (non-hydrogen) atoms. The zero-order valence-corrected chi connectivity index (χ0v) is 9.47. The SMILES string of the molecule is [Br-].[Br-].[Br-].[Po]. The van der Waals surface area contributed by atoms with Gasteiger partial charge in [-0.05, 0) is 0 Å². The summed E-state index contributed by atoms with van der Waals surface area (Å²) in [6.45, 7) is 0. The number of halogens is 3. The third-order valence-electron chi connectivity index (χ3n) is 0. The molecule has 0 bridgehead atoms. The van der Waals surface area contributed by atoms with Crippen LogP contribution in [-0.2, 0) is 0 Å². The van der Waals surface area contributed by atoms with Gasteiger partial charge in [-0.2, -0.15) is 0 Å². The van der Waals surface area contributed by atoms with Crippen LogP contribution in [0.5, 0.6) is 0 Å². The van der Waals surface area contributed by atoms with Gasteiger partial charge in [0.15, 0.2) is 0 Å². The van der Waals surface area contributed by atoms with Crippen LogP contribution in [0.3, 0.4) is 0 Å². The van der Waals surface area contributed by atoms with Gasteiger partial charge in [0.05, 0.1) is 0 Å². The minimum Gasteiger partial charge on any atom is -1.00 e. The van der Waals surface area contributed by atoms with Crippen molar-refractivity contribution in [2.45, 2.75) is 0 Å². The van der Waals surface area contributed by atoms with Crippen LogP contribution in [0.2, 0.25) is 0 Å². The van der Waals surface area contributed by atoms with Crippen LogP contribution >= 0.6 is 0 Å². The molecule has 0 N–H and O–H groups in total. The number of hydrogen-bond donors (Lipinski definition) is 0. The van der Waals surface area contributed by atoms with Crippen molar-refractivity contribution in [2.75, 3.05) is 0 Å². The molecule has 0 atom stereocenters. The average molecular weight is 449 g/mol. The Kier molecular flexibility index (Phi) is 152. The molecule has 0 fully saturated rings. The largest absolute Gasteiger partial charge is 1.00 e. The first-order chi connectivity index (χ1) is 0. The van der Waals surface area contributed by atoms with E-state index in [1.54, 1.807) is 0 Å². The fourth-order valence-corrected chi connectivity index (χ4v) is 0. The Labute approximate surface area is 76.5 Å². The zero-order chi connectivity index (χ0) is 0. The van der Waals surface area contributed by atoms with Crippen molar-refractivity contribution in [3.05, 3.63) is 0 Å². The van der Waals surface area contributed by atoms with Gasteiger partial charge in [0, 0.05) is 26.6 Å². The molecular weight excluding hydrogens is 449 g/mol. The first-order valence-electron chi connectivity index (χ1n) is 0. The fraction of sp³-hybridized carbons (Fsp3) is 0. The van der Waals surface area contributed by atoms with Gasteiger partial charge in [0.25, 0.3) is 0 Å². The summed E-state index contributed by atoms with van der Waals surface area (Å²) in [4.78, 5) is 0. The molecule has 0 aliphatic heterocycles. The second-order valence-corrected chi connectivity index (χ2v) is 0. The molecule has 0 aromatic rings. The summed E-state index contributed by atoms with van der Waals surface area (Å²) in [7, 11) is 0. The van der Waals surface area contributed by atoms with Crippen LogP contribution in [0.4, 0.5) is 0 Å². The van der Waals surface area contributed by atoms with Crippen molar-refractivity contribution in [3.8, 4) is 0 Å². The molecule has 30 valence electrons. The molecule has 0 rings (SSSR count). The minimum absolute atomic E-state index is 0. The molecule has 0 unspecified atom stereocenters. The zero-order valence-electron chi connectivity index (χ0n) is 1.54. The van der Waals surface area contributed by atoms with E-state index in [1.807, 2.05) is 0 Å². The van der Waals surface area contributed by atoms with Crippen molar-refractivity contribution in [3.63, 3.8) is 0 Å². The van der Waals surface area contributed by atoms with E-state index in [4.69, 9.17) is 0 Å². The Morgan fingerprint density at radius 2 is 0.500 bits per heavy atom. The van der Waals surface area contributed by atoms with Crippen molar-refractivity contribution >= 4 is 26.6 Å². The van der Waals surface area contributed by atoms with Gasteiger partial charge in [0.1, 0.15) is 0 Å². The molecule has 0 aliphatic rings. The van der Waals surface area contributed by atoms with E-state index in [9.17, 15) is 0 Å². The molecule has 0 spiro atoms. The second kappa shape index (κ2) is 18.4. The van der Waals surface area contributed by atoms with Crippen molar-refractivity contribution < 1.29 is 50.9 Å². The van der Waals surface area contributed by atoms with E-state index in [0.29, 0.717) is 0 Å². The summed E-state index contributed by atoms with van der Waals surface area (Å²) in [6.07, 6.45) is 0.